The van der Waals surface area contributed by atoms with Crippen LogP contribution in [0.15, 0.2) is 90.5 Å². The Hall–Kier alpha value is -4.00. The lowest BCUT2D eigenvalue weighted by atomic mass is 10.1. The Bertz CT molecular complexity index is 1540. The molecule has 1 aliphatic heterocycles. The monoisotopic (exact) mass is 511 g/mol. The molecule has 5 rings (SSSR count). The van der Waals surface area contributed by atoms with Gasteiger partial charge in [-0.05, 0) is 85.2 Å². The Labute approximate surface area is 219 Å². The first-order valence-corrected chi connectivity index (χ1v) is 12.1. The van der Waals surface area contributed by atoms with Crippen molar-refractivity contribution >= 4 is 52.5 Å². The van der Waals surface area contributed by atoms with Gasteiger partial charge in [0.15, 0.2) is 5.11 Å². The first kappa shape index (κ1) is 23.7. The Morgan fingerprint density at radius 3 is 2.22 bits per heavy atom. The fourth-order valence-electron chi connectivity index (χ4n) is 4.43. The third-order valence-corrected chi connectivity index (χ3v) is 6.69. The van der Waals surface area contributed by atoms with Crippen molar-refractivity contribution in [3.8, 4) is 16.8 Å². The van der Waals surface area contributed by atoms with Crippen molar-refractivity contribution in [2.45, 2.75) is 13.8 Å². The van der Waals surface area contributed by atoms with E-state index in [1.54, 1.807) is 30.3 Å². The number of halogens is 1. The number of nitrogens with one attached hydrogen (secondary N) is 1. The van der Waals surface area contributed by atoms with Crippen LogP contribution in [0.3, 0.4) is 0 Å². The van der Waals surface area contributed by atoms with Crippen molar-refractivity contribution in [1.29, 1.82) is 0 Å². The maximum Gasteiger partial charge on any atom is 0.270 e. The number of carbonyl (C=O) groups is 2. The van der Waals surface area contributed by atoms with E-state index in [-0.39, 0.29) is 10.7 Å². The molecule has 1 N–H and O–H groups in total. The van der Waals surface area contributed by atoms with Crippen LogP contribution in [0, 0.1) is 13.8 Å². The van der Waals surface area contributed by atoms with E-state index in [1.165, 1.54) is 4.90 Å². The Balaban J connectivity index is 1.50. The van der Waals surface area contributed by atoms with Crippen LogP contribution < -0.4 is 10.2 Å². The van der Waals surface area contributed by atoms with Crippen LogP contribution in [0.1, 0.15) is 17.0 Å². The number of benzene rings is 3. The number of aromatic nitrogens is 1. The van der Waals surface area contributed by atoms with Crippen LogP contribution in [0.2, 0.25) is 5.02 Å². The first-order valence-electron chi connectivity index (χ1n) is 11.4. The molecule has 0 saturated carbocycles. The first-order chi connectivity index (χ1) is 17.3. The smallest absolute Gasteiger partial charge is 0.270 e. The lowest BCUT2D eigenvalue weighted by Gasteiger charge is -2.29. The molecule has 1 fully saturated rings. The van der Waals surface area contributed by atoms with E-state index in [0.29, 0.717) is 10.7 Å². The van der Waals surface area contributed by atoms with Crippen LogP contribution in [0.5, 0.6) is 0 Å². The highest BCUT2D eigenvalue weighted by Crippen LogP contribution is 2.28. The van der Waals surface area contributed by atoms with Gasteiger partial charge in [0, 0.05) is 22.1 Å². The molecule has 5 nitrogen and oxygen atoms in total. The average molecular weight is 512 g/mol. The molecular formula is C29H22ClN3O2S. The summed E-state index contributed by atoms with van der Waals surface area (Å²) in [7, 11) is 0. The number of aryl methyl sites for hydroxylation is 1. The summed E-state index contributed by atoms with van der Waals surface area (Å²) in [5, 5.41) is 3.11. The fourth-order valence-corrected chi connectivity index (χ4v) is 4.89. The Morgan fingerprint density at radius 1 is 0.833 bits per heavy atom. The topological polar surface area (TPSA) is 54.3 Å². The van der Waals surface area contributed by atoms with Crippen LogP contribution in [-0.2, 0) is 9.59 Å². The van der Waals surface area contributed by atoms with Crippen LogP contribution in [0.4, 0.5) is 5.69 Å². The molecule has 0 spiro atoms. The predicted octanol–water partition coefficient (Wildman–Crippen LogP) is 6.25. The van der Waals surface area contributed by atoms with E-state index >= 15 is 0 Å². The third-order valence-electron chi connectivity index (χ3n) is 6.17. The molecule has 2 heterocycles. The summed E-state index contributed by atoms with van der Waals surface area (Å²) >= 11 is 11.4. The van der Waals surface area contributed by atoms with Gasteiger partial charge < -0.3 is 4.57 Å². The summed E-state index contributed by atoms with van der Waals surface area (Å²) in [6.07, 6.45) is 1.62. The molecule has 0 radical (unpaired) electrons. The summed E-state index contributed by atoms with van der Waals surface area (Å²) in [4.78, 5) is 27.4. The fraction of sp³-hybridized carbons (Fsp3) is 0.0690. The number of nitrogens with zero attached hydrogens (tertiary/aromatic N) is 2. The zero-order chi connectivity index (χ0) is 25.4. The molecule has 2 amide bonds. The van der Waals surface area contributed by atoms with Crippen LogP contribution >= 0.6 is 23.8 Å². The van der Waals surface area contributed by atoms with Gasteiger partial charge in [-0.2, -0.15) is 0 Å². The summed E-state index contributed by atoms with van der Waals surface area (Å²) in [6, 6.07) is 27.3. The number of thiocarbonyl (C=S) groups is 1. The van der Waals surface area contributed by atoms with Crippen molar-refractivity contribution < 1.29 is 9.59 Å². The number of hydrogen-bond acceptors (Lipinski definition) is 3. The maximum absolute atomic E-state index is 13.4. The molecule has 7 heteroatoms. The van der Waals surface area contributed by atoms with Gasteiger partial charge in [-0.1, -0.05) is 60.1 Å². The van der Waals surface area contributed by atoms with E-state index in [2.05, 4.69) is 46.3 Å². The largest absolute Gasteiger partial charge is 0.318 e. The Kier molecular flexibility index (Phi) is 6.31. The minimum absolute atomic E-state index is 0.00301. The second-order valence-corrected chi connectivity index (χ2v) is 9.34. The summed E-state index contributed by atoms with van der Waals surface area (Å²) < 4.78 is 2.10. The normalized spacial score (nSPS) is 14.9. The van der Waals surface area contributed by atoms with Crippen molar-refractivity contribution in [1.82, 2.24) is 9.88 Å². The number of rotatable bonds is 4. The highest BCUT2D eigenvalue weighted by atomic mass is 35.5. The molecule has 0 atom stereocenters. The van der Waals surface area contributed by atoms with Crippen LogP contribution in [0.25, 0.3) is 22.9 Å². The molecule has 3 aromatic carbocycles. The van der Waals surface area contributed by atoms with Gasteiger partial charge in [0.05, 0.1) is 5.69 Å². The lowest BCUT2D eigenvalue weighted by Crippen LogP contribution is -2.54. The number of amides is 2. The minimum Gasteiger partial charge on any atom is -0.318 e. The highest BCUT2D eigenvalue weighted by molar-refractivity contribution is 7.80. The predicted molar refractivity (Wildman–Crippen MR) is 148 cm³/mol. The van der Waals surface area contributed by atoms with Crippen molar-refractivity contribution in [2.75, 3.05) is 4.90 Å². The molecule has 178 valence electrons. The van der Waals surface area contributed by atoms with E-state index < -0.39 is 11.8 Å². The summed E-state index contributed by atoms with van der Waals surface area (Å²) in [5.41, 5.74) is 6.45. The second-order valence-electron chi connectivity index (χ2n) is 8.51. The number of hydrogen-bond donors (Lipinski definition) is 1. The van der Waals surface area contributed by atoms with Gasteiger partial charge in [0.1, 0.15) is 5.57 Å². The summed E-state index contributed by atoms with van der Waals surface area (Å²) in [5.74, 6) is -1.02. The van der Waals surface area contributed by atoms with Gasteiger partial charge in [-0.25, -0.2) is 0 Å². The summed E-state index contributed by atoms with van der Waals surface area (Å²) in [6.45, 7) is 3.96. The number of carbonyl (C=O) groups excluding carboxylic acids is 2. The van der Waals surface area contributed by atoms with Crippen molar-refractivity contribution in [3.05, 3.63) is 112 Å². The molecule has 1 aliphatic rings. The highest BCUT2D eigenvalue weighted by Gasteiger charge is 2.34. The van der Waals surface area contributed by atoms with Gasteiger partial charge in [-0.3, -0.25) is 19.8 Å². The maximum atomic E-state index is 13.4. The van der Waals surface area contributed by atoms with Crippen LogP contribution in [-0.4, -0.2) is 21.5 Å². The van der Waals surface area contributed by atoms with Crippen molar-refractivity contribution in [2.24, 2.45) is 0 Å². The molecule has 0 unspecified atom stereocenters. The zero-order valence-corrected chi connectivity index (χ0v) is 21.2. The molecule has 1 saturated heterocycles. The van der Waals surface area contributed by atoms with E-state index in [9.17, 15) is 9.59 Å². The second kappa shape index (κ2) is 9.57. The van der Waals surface area contributed by atoms with Gasteiger partial charge in [0.25, 0.3) is 11.8 Å². The zero-order valence-electron chi connectivity index (χ0n) is 19.7. The minimum atomic E-state index is -0.528. The third kappa shape index (κ3) is 4.37. The molecule has 36 heavy (non-hydrogen) atoms. The SMILES string of the molecule is Cc1cc(/C=C2\C(=O)NC(=S)N(c3cccc(Cl)c3)C2=O)c(C)n1-c1ccc(-c2ccccc2)cc1. The van der Waals surface area contributed by atoms with Gasteiger partial charge in [-0.15, -0.1) is 0 Å². The average Bonchev–Trinajstić information content (AvgIpc) is 3.15. The van der Waals surface area contributed by atoms with E-state index in [4.69, 9.17) is 23.8 Å². The van der Waals surface area contributed by atoms with E-state index in [0.717, 1.165) is 33.8 Å². The quantitative estimate of drug-likeness (QED) is 0.200. The molecule has 1 aromatic heterocycles. The lowest BCUT2D eigenvalue weighted by molar-refractivity contribution is -0.122. The van der Waals surface area contributed by atoms with Gasteiger partial charge >= 0.3 is 0 Å². The van der Waals surface area contributed by atoms with Crippen molar-refractivity contribution in [3.63, 3.8) is 0 Å². The molecular weight excluding hydrogens is 490 g/mol. The molecule has 4 aromatic rings. The molecule has 0 bridgehead atoms. The van der Waals surface area contributed by atoms with E-state index in [1.807, 2.05) is 38.1 Å². The number of anilines is 1. The van der Waals surface area contributed by atoms with Gasteiger partial charge in [0.2, 0.25) is 0 Å². The Morgan fingerprint density at radius 2 is 1.53 bits per heavy atom. The molecule has 0 aliphatic carbocycles. The standard InChI is InChI=1S/C29H22ClN3O2S/c1-18-15-22(19(2)32(18)24-13-11-21(12-14-24)20-7-4-3-5-8-20)16-26-27(34)31-29(36)33(28(26)35)25-10-6-9-23(30)17-25/h3-17H,1-2H3,(H,31,34,36)/b26-16+.